The van der Waals surface area contributed by atoms with Gasteiger partial charge in [0.15, 0.2) is 5.96 Å². The van der Waals surface area contributed by atoms with Crippen LogP contribution in [0.25, 0.3) is 0 Å². The molecule has 6 nitrogen and oxygen atoms in total. The number of rotatable bonds is 11. The van der Waals surface area contributed by atoms with Crippen LogP contribution in [0.2, 0.25) is 0 Å². The van der Waals surface area contributed by atoms with Crippen molar-refractivity contribution in [3.63, 3.8) is 0 Å². The van der Waals surface area contributed by atoms with E-state index in [9.17, 15) is 4.79 Å². The summed E-state index contributed by atoms with van der Waals surface area (Å²) in [5.41, 5.74) is 1.39. The third-order valence-electron chi connectivity index (χ3n) is 5.31. The van der Waals surface area contributed by atoms with E-state index in [0.29, 0.717) is 19.1 Å². The summed E-state index contributed by atoms with van der Waals surface area (Å²) in [5, 5.41) is 6.99. The Labute approximate surface area is 176 Å². The molecule has 1 aliphatic rings. The fraction of sp³-hybridized carbons (Fsp3) is 0.652. The summed E-state index contributed by atoms with van der Waals surface area (Å²) in [6.07, 6.45) is 6.98. The molecule has 1 heterocycles. The predicted octanol–water partition coefficient (Wildman–Crippen LogP) is 3.33. The lowest BCUT2D eigenvalue weighted by atomic mass is 10.0. The first-order chi connectivity index (χ1) is 14.2. The van der Waals surface area contributed by atoms with E-state index in [4.69, 9.17) is 4.74 Å². The lowest BCUT2D eigenvalue weighted by Crippen LogP contribution is -2.48. The summed E-state index contributed by atoms with van der Waals surface area (Å²) < 4.78 is 4.95. The monoisotopic (exact) mass is 402 g/mol. The normalized spacial score (nSPS) is 15.9. The van der Waals surface area contributed by atoms with Crippen LogP contribution in [0.5, 0.6) is 0 Å². The van der Waals surface area contributed by atoms with Crippen LogP contribution >= 0.6 is 0 Å². The summed E-state index contributed by atoms with van der Waals surface area (Å²) >= 11 is 0. The minimum Gasteiger partial charge on any atom is -0.466 e. The van der Waals surface area contributed by atoms with E-state index in [-0.39, 0.29) is 5.97 Å². The van der Waals surface area contributed by atoms with E-state index in [1.54, 1.807) is 0 Å². The van der Waals surface area contributed by atoms with Gasteiger partial charge in [0.2, 0.25) is 0 Å². The molecule has 1 saturated heterocycles. The number of hydrogen-bond acceptors (Lipinski definition) is 4. The van der Waals surface area contributed by atoms with Crippen LogP contribution in [0.4, 0.5) is 0 Å². The van der Waals surface area contributed by atoms with Crippen molar-refractivity contribution in [1.82, 2.24) is 15.5 Å². The van der Waals surface area contributed by atoms with E-state index in [1.807, 2.05) is 14.0 Å². The Kier molecular flexibility index (Phi) is 11.2. The van der Waals surface area contributed by atoms with Crippen LogP contribution in [0.1, 0.15) is 57.4 Å². The first kappa shape index (κ1) is 23.2. The topological polar surface area (TPSA) is 66.0 Å². The Balaban J connectivity index is 1.53. The number of aliphatic imine (C=N–C) groups is 1. The molecule has 0 saturated carbocycles. The number of carbonyl (C=O) groups excluding carboxylic acids is 1. The Bertz CT molecular complexity index is 598. The van der Waals surface area contributed by atoms with Crippen molar-refractivity contribution < 1.29 is 9.53 Å². The van der Waals surface area contributed by atoms with Crippen LogP contribution in [-0.2, 0) is 16.1 Å². The predicted molar refractivity (Wildman–Crippen MR) is 119 cm³/mol. The summed E-state index contributed by atoms with van der Waals surface area (Å²) in [5.74, 6) is 0.822. The van der Waals surface area contributed by atoms with Gasteiger partial charge in [0.25, 0.3) is 0 Å². The van der Waals surface area contributed by atoms with Gasteiger partial charge < -0.3 is 15.4 Å². The van der Waals surface area contributed by atoms with E-state index in [2.05, 4.69) is 50.9 Å². The van der Waals surface area contributed by atoms with Crippen molar-refractivity contribution in [3.8, 4) is 0 Å². The van der Waals surface area contributed by atoms with Crippen molar-refractivity contribution in [2.24, 2.45) is 4.99 Å². The Morgan fingerprint density at radius 2 is 1.86 bits per heavy atom. The highest BCUT2D eigenvalue weighted by atomic mass is 16.5. The standard InChI is InChI=1S/C23H38N4O2/c1-3-29-22(28)13-9-4-5-10-16-25-23(24-2)26-21-14-17-27(18-15-21)19-20-11-7-6-8-12-20/h6-8,11-12,21H,3-5,9-10,13-19H2,1-2H3,(H2,24,25,26). The molecule has 2 N–H and O–H groups in total. The maximum absolute atomic E-state index is 11.3. The van der Waals surface area contributed by atoms with Gasteiger partial charge in [0.05, 0.1) is 6.61 Å². The van der Waals surface area contributed by atoms with Gasteiger partial charge in [-0.15, -0.1) is 0 Å². The molecule has 1 aliphatic heterocycles. The number of likely N-dealkylation sites (tertiary alicyclic amines) is 1. The van der Waals surface area contributed by atoms with Crippen molar-refractivity contribution >= 4 is 11.9 Å². The summed E-state index contributed by atoms with van der Waals surface area (Å²) in [7, 11) is 1.83. The second-order valence-electron chi connectivity index (χ2n) is 7.65. The van der Waals surface area contributed by atoms with Gasteiger partial charge >= 0.3 is 5.97 Å². The second kappa shape index (κ2) is 14.0. The molecule has 0 spiro atoms. The van der Waals surface area contributed by atoms with Crippen molar-refractivity contribution in [2.75, 3.05) is 33.3 Å². The zero-order valence-corrected chi connectivity index (χ0v) is 18.2. The van der Waals surface area contributed by atoms with Gasteiger partial charge in [0.1, 0.15) is 0 Å². The van der Waals surface area contributed by atoms with E-state index < -0.39 is 0 Å². The van der Waals surface area contributed by atoms with Gasteiger partial charge in [-0.25, -0.2) is 0 Å². The number of esters is 1. The largest absolute Gasteiger partial charge is 0.466 e. The van der Waals surface area contributed by atoms with Crippen LogP contribution in [-0.4, -0.2) is 56.2 Å². The maximum Gasteiger partial charge on any atom is 0.305 e. The lowest BCUT2D eigenvalue weighted by molar-refractivity contribution is -0.143. The Morgan fingerprint density at radius 1 is 1.14 bits per heavy atom. The molecule has 0 aromatic heterocycles. The number of nitrogens with zero attached hydrogens (tertiary/aromatic N) is 2. The molecule has 0 atom stereocenters. The van der Waals surface area contributed by atoms with Crippen molar-refractivity contribution in [2.45, 2.75) is 64.5 Å². The number of ether oxygens (including phenoxy) is 1. The molecule has 6 heteroatoms. The van der Waals surface area contributed by atoms with Crippen molar-refractivity contribution in [1.29, 1.82) is 0 Å². The SMILES string of the molecule is CCOC(=O)CCCCCCNC(=NC)NC1CCN(Cc2ccccc2)CC1. The highest BCUT2D eigenvalue weighted by Gasteiger charge is 2.19. The zero-order chi connectivity index (χ0) is 20.7. The number of benzene rings is 1. The zero-order valence-electron chi connectivity index (χ0n) is 18.2. The van der Waals surface area contributed by atoms with Crippen LogP contribution in [0.15, 0.2) is 35.3 Å². The number of piperidine rings is 1. The molecule has 1 aromatic rings. The van der Waals surface area contributed by atoms with E-state index >= 15 is 0 Å². The Morgan fingerprint density at radius 3 is 2.55 bits per heavy atom. The molecule has 0 aliphatic carbocycles. The van der Waals surface area contributed by atoms with Gasteiger partial charge in [-0.3, -0.25) is 14.7 Å². The average Bonchev–Trinajstić information content (AvgIpc) is 2.74. The van der Waals surface area contributed by atoms with Crippen LogP contribution in [0.3, 0.4) is 0 Å². The van der Waals surface area contributed by atoms with Gasteiger partial charge in [-0.05, 0) is 38.2 Å². The van der Waals surface area contributed by atoms with Crippen LogP contribution < -0.4 is 10.6 Å². The quantitative estimate of drug-likeness (QED) is 0.257. The summed E-state index contributed by atoms with van der Waals surface area (Å²) in [4.78, 5) is 18.2. The number of hydrogen-bond donors (Lipinski definition) is 2. The fourth-order valence-corrected chi connectivity index (χ4v) is 3.65. The van der Waals surface area contributed by atoms with E-state index in [1.165, 1.54) is 5.56 Å². The van der Waals surface area contributed by atoms with Gasteiger partial charge in [-0.1, -0.05) is 43.2 Å². The second-order valence-corrected chi connectivity index (χ2v) is 7.65. The smallest absolute Gasteiger partial charge is 0.305 e. The molecule has 0 radical (unpaired) electrons. The molecular weight excluding hydrogens is 364 g/mol. The molecule has 1 aromatic carbocycles. The lowest BCUT2D eigenvalue weighted by Gasteiger charge is -2.33. The highest BCUT2D eigenvalue weighted by Crippen LogP contribution is 2.13. The third-order valence-corrected chi connectivity index (χ3v) is 5.31. The minimum absolute atomic E-state index is 0.0787. The maximum atomic E-state index is 11.3. The molecule has 0 bridgehead atoms. The Hall–Kier alpha value is -2.08. The van der Waals surface area contributed by atoms with Crippen LogP contribution in [0, 0.1) is 0 Å². The molecule has 29 heavy (non-hydrogen) atoms. The number of nitrogens with one attached hydrogen (secondary N) is 2. The van der Waals surface area contributed by atoms with E-state index in [0.717, 1.165) is 70.7 Å². The molecule has 0 unspecified atom stereocenters. The number of carbonyl (C=O) groups is 1. The molecular formula is C23H38N4O2. The van der Waals surface area contributed by atoms with Crippen molar-refractivity contribution in [3.05, 3.63) is 35.9 Å². The summed E-state index contributed by atoms with van der Waals surface area (Å²) in [6, 6.07) is 11.2. The molecule has 0 amide bonds. The first-order valence-corrected chi connectivity index (χ1v) is 11.1. The third kappa shape index (κ3) is 9.79. The summed E-state index contributed by atoms with van der Waals surface area (Å²) in [6.45, 7) is 6.50. The minimum atomic E-state index is -0.0787. The highest BCUT2D eigenvalue weighted by molar-refractivity contribution is 5.79. The van der Waals surface area contributed by atoms with Gasteiger partial charge in [-0.2, -0.15) is 0 Å². The number of unbranched alkanes of at least 4 members (excludes halogenated alkanes) is 3. The fourth-order valence-electron chi connectivity index (χ4n) is 3.65. The molecule has 162 valence electrons. The number of guanidine groups is 1. The average molecular weight is 403 g/mol. The van der Waals surface area contributed by atoms with Gasteiger partial charge in [0, 0.05) is 45.7 Å². The first-order valence-electron chi connectivity index (χ1n) is 11.1. The molecule has 1 fully saturated rings. The molecule has 2 rings (SSSR count).